The van der Waals surface area contributed by atoms with E-state index in [1.807, 2.05) is 44.3 Å². The van der Waals surface area contributed by atoms with Crippen molar-refractivity contribution in [1.29, 1.82) is 0 Å². The van der Waals surface area contributed by atoms with Gasteiger partial charge >= 0.3 is 0 Å². The number of nitrogens with one attached hydrogen (secondary N) is 1. The first-order chi connectivity index (χ1) is 14.6. The van der Waals surface area contributed by atoms with Crippen LogP contribution in [-0.4, -0.2) is 41.4 Å². The Labute approximate surface area is 179 Å². The Morgan fingerprint density at radius 3 is 2.50 bits per heavy atom. The Balaban J connectivity index is 1.55. The Morgan fingerprint density at radius 1 is 1.07 bits per heavy atom. The second-order valence-electron chi connectivity index (χ2n) is 8.81. The molecule has 2 heterocycles. The number of nitrogens with zero attached hydrogens (tertiary/aromatic N) is 2. The van der Waals surface area contributed by atoms with Gasteiger partial charge in [-0.3, -0.25) is 0 Å². The molecule has 1 aliphatic heterocycles. The van der Waals surface area contributed by atoms with Gasteiger partial charge in [-0.15, -0.1) is 0 Å². The maximum Gasteiger partial charge on any atom is 0.226 e. The molecule has 1 aromatic carbocycles. The van der Waals surface area contributed by atoms with E-state index < -0.39 is 0 Å². The first kappa shape index (κ1) is 20.9. The predicted molar refractivity (Wildman–Crippen MR) is 118 cm³/mol. The normalized spacial score (nSPS) is 24.1. The molecule has 0 unspecified atom stereocenters. The van der Waals surface area contributed by atoms with E-state index in [1.165, 1.54) is 12.8 Å². The van der Waals surface area contributed by atoms with Crippen LogP contribution in [0.3, 0.4) is 0 Å². The second kappa shape index (κ2) is 9.65. The summed E-state index contributed by atoms with van der Waals surface area (Å²) in [6.45, 7) is 7.71. The van der Waals surface area contributed by atoms with E-state index in [-0.39, 0.29) is 12.2 Å². The minimum absolute atomic E-state index is 0.0329. The average Bonchev–Trinajstić information content (AvgIpc) is 3.23. The molecule has 30 heavy (non-hydrogen) atoms. The van der Waals surface area contributed by atoms with Crippen LogP contribution in [0.15, 0.2) is 30.5 Å². The number of ether oxygens (including phenoxy) is 3. The van der Waals surface area contributed by atoms with Gasteiger partial charge in [0.1, 0.15) is 11.9 Å². The molecular weight excluding hydrogens is 378 g/mol. The van der Waals surface area contributed by atoms with Gasteiger partial charge < -0.3 is 19.5 Å². The lowest BCUT2D eigenvalue weighted by atomic mass is 9.87. The second-order valence-corrected chi connectivity index (χ2v) is 8.81. The molecule has 0 spiro atoms. The summed E-state index contributed by atoms with van der Waals surface area (Å²) in [7, 11) is 0. The lowest BCUT2D eigenvalue weighted by Crippen LogP contribution is -2.26. The third kappa shape index (κ3) is 5.42. The molecule has 0 amide bonds. The summed E-state index contributed by atoms with van der Waals surface area (Å²) in [6.07, 6.45) is 7.76. The molecule has 1 N–H and O–H groups in total. The molecule has 6 heteroatoms. The highest BCUT2D eigenvalue weighted by atomic mass is 16.5. The summed E-state index contributed by atoms with van der Waals surface area (Å²) in [5.74, 6) is 2.93. The summed E-state index contributed by atoms with van der Waals surface area (Å²) in [5.41, 5.74) is 1.90. The van der Waals surface area contributed by atoms with Crippen molar-refractivity contribution in [2.24, 2.45) is 5.92 Å². The number of hydrogen-bond donors (Lipinski definition) is 1. The average molecular weight is 412 g/mol. The van der Waals surface area contributed by atoms with Gasteiger partial charge in [0.15, 0.2) is 0 Å². The predicted octanol–water partition coefficient (Wildman–Crippen LogP) is 5.09. The molecular formula is C24H33N3O3. The molecule has 2 aromatic rings. The van der Waals surface area contributed by atoms with E-state index in [4.69, 9.17) is 19.2 Å². The van der Waals surface area contributed by atoms with Gasteiger partial charge in [-0.05, 0) is 63.1 Å². The van der Waals surface area contributed by atoms with Crippen molar-refractivity contribution >= 4 is 5.95 Å². The Morgan fingerprint density at radius 2 is 1.83 bits per heavy atom. The third-order valence-corrected chi connectivity index (χ3v) is 5.81. The van der Waals surface area contributed by atoms with Crippen LogP contribution < -0.4 is 14.8 Å². The van der Waals surface area contributed by atoms with E-state index in [9.17, 15) is 0 Å². The van der Waals surface area contributed by atoms with Gasteiger partial charge in [0.25, 0.3) is 0 Å². The Kier molecular flexibility index (Phi) is 6.72. The van der Waals surface area contributed by atoms with Crippen molar-refractivity contribution in [3.63, 3.8) is 0 Å². The first-order valence-electron chi connectivity index (χ1n) is 11.2. The van der Waals surface area contributed by atoms with Crippen LogP contribution >= 0.6 is 0 Å². The van der Waals surface area contributed by atoms with Crippen LogP contribution in [-0.2, 0) is 4.74 Å². The highest BCUT2D eigenvalue weighted by Gasteiger charge is 2.23. The van der Waals surface area contributed by atoms with Crippen molar-refractivity contribution in [2.45, 2.75) is 71.1 Å². The maximum atomic E-state index is 6.26. The highest BCUT2D eigenvalue weighted by Crippen LogP contribution is 2.32. The fourth-order valence-corrected chi connectivity index (χ4v) is 4.06. The summed E-state index contributed by atoms with van der Waals surface area (Å²) in [5, 5.41) is 3.52. The topological polar surface area (TPSA) is 65.5 Å². The summed E-state index contributed by atoms with van der Waals surface area (Å²) < 4.78 is 17.5. The third-order valence-electron chi connectivity index (χ3n) is 5.81. The monoisotopic (exact) mass is 411 g/mol. The molecule has 1 saturated heterocycles. The molecule has 4 rings (SSSR count). The fraction of sp³-hybridized carbons (Fsp3) is 0.583. The number of anilines is 1. The lowest BCUT2D eigenvalue weighted by Gasteiger charge is -2.27. The zero-order valence-corrected chi connectivity index (χ0v) is 18.3. The zero-order valence-electron chi connectivity index (χ0n) is 18.3. The largest absolute Gasteiger partial charge is 0.491 e. The molecule has 6 nitrogen and oxygen atoms in total. The number of aromatic nitrogens is 2. The molecule has 1 saturated carbocycles. The fourth-order valence-electron chi connectivity index (χ4n) is 4.06. The molecule has 2 fully saturated rings. The number of benzene rings is 1. The Hall–Kier alpha value is -2.34. The van der Waals surface area contributed by atoms with E-state index in [2.05, 4.69) is 17.2 Å². The molecule has 1 aliphatic carbocycles. The van der Waals surface area contributed by atoms with Crippen molar-refractivity contribution < 1.29 is 14.2 Å². The highest BCUT2D eigenvalue weighted by molar-refractivity contribution is 5.69. The molecule has 2 aliphatic rings. The van der Waals surface area contributed by atoms with Crippen molar-refractivity contribution in [1.82, 2.24) is 9.97 Å². The van der Waals surface area contributed by atoms with Gasteiger partial charge in [0.2, 0.25) is 11.8 Å². The molecule has 0 radical (unpaired) electrons. The van der Waals surface area contributed by atoms with E-state index in [0.29, 0.717) is 24.5 Å². The van der Waals surface area contributed by atoms with Crippen LogP contribution in [0.25, 0.3) is 11.1 Å². The molecule has 0 bridgehead atoms. The van der Waals surface area contributed by atoms with Gasteiger partial charge in [-0.2, -0.15) is 4.98 Å². The maximum absolute atomic E-state index is 6.26. The van der Waals surface area contributed by atoms with Gasteiger partial charge in [0.05, 0.1) is 24.9 Å². The first-order valence-corrected chi connectivity index (χ1v) is 11.2. The van der Waals surface area contributed by atoms with Gasteiger partial charge in [-0.1, -0.05) is 19.1 Å². The zero-order chi connectivity index (χ0) is 20.9. The van der Waals surface area contributed by atoms with Crippen LogP contribution in [0, 0.1) is 5.92 Å². The standard InChI is InChI=1S/C24H33N3O3/c1-16(2)29-20-10-6-18(7-11-20)22-14-25-24(26-19-8-4-17(3)5-9-19)27-23(22)30-21-12-13-28-15-21/h6-7,10-11,14,16-17,19,21H,4-5,8-9,12-13,15H2,1-3H3,(H,25,26,27)/t17-,19-,21-/m0/s1. The smallest absolute Gasteiger partial charge is 0.226 e. The molecule has 162 valence electrons. The minimum atomic E-state index is 0.0329. The minimum Gasteiger partial charge on any atom is -0.491 e. The molecule has 1 atom stereocenters. The SMILES string of the molecule is CC(C)Oc1ccc(-c2cnc(N[C@H]3CC[C@H](C)CC3)nc2O[C@H]2CCOC2)cc1. The van der Waals surface area contributed by atoms with Gasteiger partial charge in [-0.25, -0.2) is 4.98 Å². The lowest BCUT2D eigenvalue weighted by molar-refractivity contribution is 0.138. The Bertz CT molecular complexity index is 811. The van der Waals surface area contributed by atoms with Crippen molar-refractivity contribution in [3.05, 3.63) is 30.5 Å². The number of hydrogen-bond acceptors (Lipinski definition) is 6. The molecule has 1 aromatic heterocycles. The van der Waals surface area contributed by atoms with Crippen LogP contribution in [0.5, 0.6) is 11.6 Å². The van der Waals surface area contributed by atoms with Crippen LogP contribution in [0.4, 0.5) is 5.95 Å². The van der Waals surface area contributed by atoms with Gasteiger partial charge in [0, 0.05) is 18.7 Å². The van der Waals surface area contributed by atoms with Crippen molar-refractivity contribution in [2.75, 3.05) is 18.5 Å². The van der Waals surface area contributed by atoms with E-state index in [1.54, 1.807) is 0 Å². The van der Waals surface area contributed by atoms with Crippen molar-refractivity contribution in [3.8, 4) is 22.8 Å². The number of rotatable bonds is 7. The summed E-state index contributed by atoms with van der Waals surface area (Å²) in [6, 6.07) is 8.45. The quantitative estimate of drug-likeness (QED) is 0.685. The summed E-state index contributed by atoms with van der Waals surface area (Å²) in [4.78, 5) is 9.37. The van der Waals surface area contributed by atoms with E-state index in [0.717, 1.165) is 48.7 Å². The van der Waals surface area contributed by atoms with Crippen LogP contribution in [0.2, 0.25) is 0 Å². The van der Waals surface area contributed by atoms with E-state index >= 15 is 0 Å². The summed E-state index contributed by atoms with van der Waals surface area (Å²) >= 11 is 0. The van der Waals surface area contributed by atoms with Crippen LogP contribution in [0.1, 0.15) is 52.9 Å².